The minimum atomic E-state index is -4.56. The second-order valence-electron chi connectivity index (χ2n) is 4.27. The summed E-state index contributed by atoms with van der Waals surface area (Å²) < 4.78 is 37.4. The van der Waals surface area contributed by atoms with Crippen LogP contribution in [-0.2, 0) is 6.18 Å². The third-order valence-electron chi connectivity index (χ3n) is 2.67. The van der Waals surface area contributed by atoms with Crippen molar-refractivity contribution in [3.05, 3.63) is 70.6 Å². The van der Waals surface area contributed by atoms with Crippen LogP contribution in [0.1, 0.15) is 21.6 Å². The number of aromatic nitrogens is 1. The van der Waals surface area contributed by atoms with Gasteiger partial charge in [-0.1, -0.05) is 41.9 Å². The van der Waals surface area contributed by atoms with E-state index in [2.05, 4.69) is 10.3 Å². The Morgan fingerprint density at radius 1 is 1.23 bits per heavy atom. The molecular weight excluding hydrogens is 317 g/mol. The highest BCUT2D eigenvalue weighted by molar-refractivity contribution is 6.33. The van der Waals surface area contributed by atoms with Gasteiger partial charge in [0.2, 0.25) is 0 Å². The zero-order valence-corrected chi connectivity index (χ0v) is 11.8. The second-order valence-corrected chi connectivity index (χ2v) is 4.68. The predicted molar refractivity (Wildman–Crippen MR) is 77.2 cm³/mol. The fraction of sp³-hybridized carbons (Fsp3) is 0.0667. The van der Waals surface area contributed by atoms with Crippen LogP contribution in [0.3, 0.4) is 0 Å². The number of amides is 1. The number of carbonyl (C=O) groups excluding carboxylic acids is 1. The van der Waals surface area contributed by atoms with Gasteiger partial charge in [0.1, 0.15) is 5.69 Å². The Balaban J connectivity index is 2.09. The number of halogens is 4. The lowest BCUT2D eigenvalue weighted by atomic mass is 10.2. The van der Waals surface area contributed by atoms with E-state index in [1.807, 2.05) is 30.3 Å². The van der Waals surface area contributed by atoms with Crippen molar-refractivity contribution in [2.24, 2.45) is 0 Å². The Morgan fingerprint density at radius 3 is 2.50 bits per heavy atom. The molecule has 2 aromatic rings. The van der Waals surface area contributed by atoms with Gasteiger partial charge in [-0.2, -0.15) is 13.2 Å². The maximum Gasteiger partial charge on any atom is 0.417 e. The highest BCUT2D eigenvalue weighted by Gasteiger charge is 2.32. The fourth-order valence-corrected chi connectivity index (χ4v) is 1.86. The second kappa shape index (κ2) is 6.62. The maximum absolute atomic E-state index is 12.5. The van der Waals surface area contributed by atoms with Gasteiger partial charge in [0.05, 0.1) is 10.6 Å². The zero-order chi connectivity index (χ0) is 16.2. The van der Waals surface area contributed by atoms with Crippen LogP contribution in [0.4, 0.5) is 13.2 Å². The molecule has 0 aliphatic carbocycles. The first-order valence-electron chi connectivity index (χ1n) is 6.13. The van der Waals surface area contributed by atoms with Gasteiger partial charge in [-0.15, -0.1) is 0 Å². The van der Waals surface area contributed by atoms with Crippen LogP contribution >= 0.6 is 11.6 Å². The van der Waals surface area contributed by atoms with E-state index < -0.39 is 17.6 Å². The van der Waals surface area contributed by atoms with Gasteiger partial charge in [-0.05, 0) is 17.7 Å². The minimum Gasteiger partial charge on any atom is -0.327 e. The number of alkyl halides is 3. The fourth-order valence-electron chi connectivity index (χ4n) is 1.61. The average molecular weight is 327 g/mol. The van der Waals surface area contributed by atoms with Crippen molar-refractivity contribution >= 4 is 23.6 Å². The molecular formula is C15H10ClF3N2O. The molecule has 0 spiro atoms. The van der Waals surface area contributed by atoms with Gasteiger partial charge >= 0.3 is 6.18 Å². The first kappa shape index (κ1) is 16.0. The lowest BCUT2D eigenvalue weighted by molar-refractivity contribution is -0.137. The lowest BCUT2D eigenvalue weighted by Gasteiger charge is -2.08. The molecule has 114 valence electrons. The summed E-state index contributed by atoms with van der Waals surface area (Å²) in [5, 5.41) is 2.04. The van der Waals surface area contributed by atoms with Crippen molar-refractivity contribution in [3.8, 4) is 0 Å². The molecule has 1 heterocycles. The smallest absolute Gasteiger partial charge is 0.327 e. The molecule has 3 nitrogen and oxygen atoms in total. The summed E-state index contributed by atoms with van der Waals surface area (Å²) in [4.78, 5) is 15.3. The quantitative estimate of drug-likeness (QED) is 0.920. The van der Waals surface area contributed by atoms with Gasteiger partial charge in [0, 0.05) is 12.4 Å². The summed E-state index contributed by atoms with van der Waals surface area (Å²) in [6.07, 6.45) is -0.982. The number of hydrogen-bond acceptors (Lipinski definition) is 2. The molecule has 0 bridgehead atoms. The van der Waals surface area contributed by atoms with Gasteiger partial charge in [-0.25, -0.2) is 4.98 Å². The van der Waals surface area contributed by atoms with Crippen LogP contribution in [0.5, 0.6) is 0 Å². The van der Waals surface area contributed by atoms with Gasteiger partial charge in [-0.3, -0.25) is 4.79 Å². The van der Waals surface area contributed by atoms with Crippen molar-refractivity contribution in [2.45, 2.75) is 6.18 Å². The number of benzene rings is 1. The molecule has 1 aromatic heterocycles. The summed E-state index contributed by atoms with van der Waals surface area (Å²) in [6.45, 7) is 0. The Kier molecular flexibility index (Phi) is 4.82. The monoisotopic (exact) mass is 326 g/mol. The standard InChI is InChI=1S/C15H10ClF3N2O/c16-12-8-11(15(17,18)19)9-21-13(12)14(22)20-7-6-10-4-2-1-3-5-10/h1-9H,(H,20,22). The SMILES string of the molecule is O=C(NC=Cc1ccccc1)c1ncc(C(F)(F)F)cc1Cl. The normalized spacial score (nSPS) is 11.6. The molecule has 0 aliphatic heterocycles. The molecule has 1 amide bonds. The van der Waals surface area contributed by atoms with Crippen LogP contribution in [0.15, 0.2) is 48.8 Å². The van der Waals surface area contributed by atoms with Gasteiger partial charge in [0.25, 0.3) is 5.91 Å². The number of nitrogens with zero attached hydrogens (tertiary/aromatic N) is 1. The molecule has 0 unspecified atom stereocenters. The third kappa shape index (κ3) is 4.08. The molecule has 1 N–H and O–H groups in total. The Hall–Kier alpha value is -2.34. The lowest BCUT2D eigenvalue weighted by Crippen LogP contribution is -2.19. The van der Waals surface area contributed by atoms with Crippen LogP contribution < -0.4 is 5.32 Å². The molecule has 0 fully saturated rings. The average Bonchev–Trinajstić information content (AvgIpc) is 2.47. The number of carbonyl (C=O) groups is 1. The molecule has 0 aliphatic rings. The van der Waals surface area contributed by atoms with Crippen molar-refractivity contribution in [2.75, 3.05) is 0 Å². The maximum atomic E-state index is 12.5. The summed E-state index contributed by atoms with van der Waals surface area (Å²) in [6, 6.07) is 9.83. The molecule has 0 saturated heterocycles. The van der Waals surface area contributed by atoms with Crippen molar-refractivity contribution in [1.29, 1.82) is 0 Å². The summed E-state index contributed by atoms with van der Waals surface area (Å²) in [5.74, 6) is -0.689. The highest BCUT2D eigenvalue weighted by Crippen LogP contribution is 2.30. The van der Waals surface area contributed by atoms with E-state index in [-0.39, 0.29) is 10.7 Å². The van der Waals surface area contributed by atoms with Crippen molar-refractivity contribution < 1.29 is 18.0 Å². The number of rotatable bonds is 3. The first-order valence-corrected chi connectivity index (χ1v) is 6.51. The van der Waals surface area contributed by atoms with Crippen LogP contribution in [0.2, 0.25) is 5.02 Å². The topological polar surface area (TPSA) is 42.0 Å². The number of nitrogens with one attached hydrogen (secondary N) is 1. The van der Waals surface area contributed by atoms with E-state index in [0.29, 0.717) is 12.3 Å². The Morgan fingerprint density at radius 2 is 1.91 bits per heavy atom. The van der Waals surface area contributed by atoms with E-state index in [4.69, 9.17) is 11.6 Å². The van der Waals surface area contributed by atoms with Gasteiger partial charge < -0.3 is 5.32 Å². The minimum absolute atomic E-state index is 0.271. The van der Waals surface area contributed by atoms with Crippen LogP contribution in [-0.4, -0.2) is 10.9 Å². The largest absolute Gasteiger partial charge is 0.417 e. The predicted octanol–water partition coefficient (Wildman–Crippen LogP) is 4.15. The molecule has 22 heavy (non-hydrogen) atoms. The third-order valence-corrected chi connectivity index (χ3v) is 2.96. The zero-order valence-electron chi connectivity index (χ0n) is 11.1. The van der Waals surface area contributed by atoms with Crippen LogP contribution in [0.25, 0.3) is 6.08 Å². The van der Waals surface area contributed by atoms with Crippen molar-refractivity contribution in [1.82, 2.24) is 10.3 Å². The Labute approximate surface area is 129 Å². The molecule has 0 radical (unpaired) electrons. The van der Waals surface area contributed by atoms with Crippen molar-refractivity contribution in [3.63, 3.8) is 0 Å². The summed E-state index contributed by atoms with van der Waals surface area (Å²) in [7, 11) is 0. The summed E-state index contributed by atoms with van der Waals surface area (Å²) >= 11 is 5.68. The molecule has 7 heteroatoms. The first-order chi connectivity index (χ1) is 10.4. The molecule has 0 saturated carbocycles. The molecule has 1 aromatic carbocycles. The highest BCUT2D eigenvalue weighted by atomic mass is 35.5. The van der Waals surface area contributed by atoms with E-state index in [9.17, 15) is 18.0 Å². The van der Waals surface area contributed by atoms with E-state index in [1.165, 1.54) is 6.20 Å². The van der Waals surface area contributed by atoms with Gasteiger partial charge in [0.15, 0.2) is 0 Å². The van der Waals surface area contributed by atoms with E-state index in [1.54, 1.807) is 6.08 Å². The number of pyridine rings is 1. The summed E-state index contributed by atoms with van der Waals surface area (Å²) in [5.41, 5.74) is -0.421. The van der Waals surface area contributed by atoms with E-state index in [0.717, 1.165) is 5.56 Å². The number of hydrogen-bond donors (Lipinski definition) is 1. The van der Waals surface area contributed by atoms with E-state index >= 15 is 0 Å². The molecule has 0 atom stereocenters. The Bertz CT molecular complexity index is 700. The van der Waals surface area contributed by atoms with Crippen LogP contribution in [0, 0.1) is 0 Å². The molecule has 2 rings (SSSR count).